The molecule has 0 N–H and O–H groups in total. The zero-order valence-corrected chi connectivity index (χ0v) is 32.9. The number of fused-ring (bicyclic) bond motifs is 3. The van der Waals surface area contributed by atoms with Crippen molar-refractivity contribution in [3.8, 4) is 33.6 Å². The molecule has 4 aromatic carbocycles. The Labute approximate surface area is 320 Å². The Bertz CT molecular complexity index is 2480. The van der Waals surface area contributed by atoms with E-state index in [0.717, 1.165) is 63.0 Å². The van der Waals surface area contributed by atoms with Crippen molar-refractivity contribution in [3.05, 3.63) is 172 Å². The number of nitrogens with zero attached hydrogens (tertiary/aromatic N) is 3. The van der Waals surface area contributed by atoms with Gasteiger partial charge < -0.3 is 14.4 Å². The molecule has 0 aliphatic heterocycles. The van der Waals surface area contributed by atoms with Crippen LogP contribution in [0.3, 0.4) is 0 Å². The van der Waals surface area contributed by atoms with E-state index in [0.29, 0.717) is 5.71 Å². The summed E-state index contributed by atoms with van der Waals surface area (Å²) in [5, 5.41) is 2.06. The topological polar surface area (TPSA) is 51.8 Å². The number of rotatable bonds is 6. The minimum absolute atomic E-state index is 0. The van der Waals surface area contributed by atoms with Gasteiger partial charge in [-0.05, 0) is 98.8 Å². The van der Waals surface area contributed by atoms with Crippen LogP contribution in [0.2, 0.25) is 0 Å². The molecule has 0 amide bonds. The fourth-order valence-corrected chi connectivity index (χ4v) is 6.43. The van der Waals surface area contributed by atoms with Crippen molar-refractivity contribution < 1.29 is 24.5 Å². The summed E-state index contributed by atoms with van der Waals surface area (Å²) < 4.78 is 6.34. The number of aryl methyl sites for hydroxylation is 8. The van der Waals surface area contributed by atoms with Crippen LogP contribution in [0.1, 0.15) is 44.6 Å². The number of hydrogen-bond acceptors (Lipinski definition) is 4. The van der Waals surface area contributed by atoms with Crippen molar-refractivity contribution in [3.63, 3.8) is 0 Å². The Kier molecular flexibility index (Phi) is 11.2. The van der Waals surface area contributed by atoms with Crippen LogP contribution in [0.15, 0.2) is 120 Å². The number of aromatic nitrogens is 3. The van der Waals surface area contributed by atoms with Gasteiger partial charge in [0.05, 0.1) is 5.58 Å². The van der Waals surface area contributed by atoms with Gasteiger partial charge in [-0.1, -0.05) is 89.7 Å². The van der Waals surface area contributed by atoms with Gasteiger partial charge in [0, 0.05) is 49.1 Å². The molecular weight excluding hydrogens is 815 g/mol. The van der Waals surface area contributed by atoms with Gasteiger partial charge in [0.2, 0.25) is 5.71 Å². The van der Waals surface area contributed by atoms with Crippen molar-refractivity contribution >= 4 is 22.1 Å². The summed E-state index contributed by atoms with van der Waals surface area (Å²) >= 11 is 0. The predicted molar refractivity (Wildman–Crippen MR) is 210 cm³/mol. The van der Waals surface area contributed by atoms with Crippen LogP contribution >= 0.6 is 0 Å². The number of pyridine rings is 3. The monoisotopic (exact) mass is 856 g/mol. The molecule has 0 atom stereocenters. The molecule has 0 unspecified atom stereocenters. The van der Waals surface area contributed by atoms with Gasteiger partial charge >= 0.3 is 0 Å². The number of benzene rings is 4. The van der Waals surface area contributed by atoms with E-state index in [4.69, 9.17) is 14.4 Å². The summed E-state index contributed by atoms with van der Waals surface area (Å²) in [5.41, 5.74) is 17.4. The summed E-state index contributed by atoms with van der Waals surface area (Å²) in [4.78, 5) is 14.1. The summed E-state index contributed by atoms with van der Waals surface area (Å²) in [7, 11) is 0. The largest absolute Gasteiger partial charge is 0.486 e. The van der Waals surface area contributed by atoms with Crippen LogP contribution in [0.4, 0.5) is 0 Å². The average molecular weight is 856 g/mol. The summed E-state index contributed by atoms with van der Waals surface area (Å²) in [6.45, 7) is 12.7. The van der Waals surface area contributed by atoms with Crippen molar-refractivity contribution in [2.24, 2.45) is 0 Å². The second-order valence-electron chi connectivity index (χ2n) is 13.5. The van der Waals surface area contributed by atoms with E-state index in [1.165, 1.54) is 44.5 Å². The van der Waals surface area contributed by atoms with Crippen LogP contribution in [-0.4, -0.2) is 15.0 Å². The van der Waals surface area contributed by atoms with Gasteiger partial charge in [0.15, 0.2) is 0 Å². The summed E-state index contributed by atoms with van der Waals surface area (Å²) in [6, 6.07) is 42.3. The van der Waals surface area contributed by atoms with Crippen molar-refractivity contribution in [1.29, 1.82) is 0 Å². The minimum Gasteiger partial charge on any atom is -0.486 e. The average Bonchev–Trinajstić information content (AvgIpc) is 3.51. The van der Waals surface area contributed by atoms with Crippen molar-refractivity contribution in [2.45, 2.75) is 54.4 Å². The molecule has 8 aromatic rings. The fraction of sp³-hybridized carbons (Fsp3) is 0.170. The molecule has 8 rings (SSSR count). The quantitative estimate of drug-likeness (QED) is 0.156. The Morgan fingerprint density at radius 1 is 0.596 bits per heavy atom. The first-order valence-corrected chi connectivity index (χ1v) is 17.5. The third-order valence-electron chi connectivity index (χ3n) is 9.52. The van der Waals surface area contributed by atoms with E-state index in [9.17, 15) is 0 Å². The fourth-order valence-electron chi connectivity index (χ4n) is 6.43. The van der Waals surface area contributed by atoms with Crippen LogP contribution in [0.25, 0.3) is 55.7 Å². The van der Waals surface area contributed by atoms with Gasteiger partial charge in [0.1, 0.15) is 0 Å². The Hall–Kier alpha value is -5.22. The molecule has 52 heavy (non-hydrogen) atoms. The molecule has 0 saturated heterocycles. The van der Waals surface area contributed by atoms with Gasteiger partial charge in [-0.25, -0.2) is 4.98 Å². The Morgan fingerprint density at radius 3 is 2.08 bits per heavy atom. The molecule has 0 fully saturated rings. The van der Waals surface area contributed by atoms with Crippen LogP contribution in [0.5, 0.6) is 0 Å². The van der Waals surface area contributed by atoms with E-state index in [2.05, 4.69) is 138 Å². The maximum absolute atomic E-state index is 6.34. The molecule has 1 radical (unpaired) electrons. The molecule has 0 spiro atoms. The van der Waals surface area contributed by atoms with Gasteiger partial charge in [-0.15, -0.1) is 53.6 Å². The molecule has 4 heterocycles. The third kappa shape index (κ3) is 7.97. The molecule has 4 nitrogen and oxygen atoms in total. The molecule has 0 aliphatic carbocycles. The second kappa shape index (κ2) is 16.0. The molecular formula is C47H41IrN3O-2. The first-order chi connectivity index (χ1) is 24.7. The third-order valence-corrected chi connectivity index (χ3v) is 9.52. The van der Waals surface area contributed by atoms with E-state index in [1.807, 2.05) is 36.7 Å². The normalized spacial score (nSPS) is 10.9. The molecule has 0 saturated carbocycles. The maximum atomic E-state index is 6.34. The predicted octanol–water partition coefficient (Wildman–Crippen LogP) is 11.7. The first kappa shape index (κ1) is 36.6. The standard InChI is InChI=1S/C33H27N2O.C14H14N.Ir/c1-21-12-16-26(22(2)18-21)30-20-34-31(19-23(30)3)29-11-7-10-27-28-17-15-25(35-33(28)36-32(27)29)14-13-24-8-5-4-6-9-24;1-10-4-6-13(7-5-10)14-8-11(2)12(3)9-15-14;/h4-10,12,15-20H,13-14H2,1-3H3;4-6,8-9H,1-3H3;/q2*-1;. The van der Waals surface area contributed by atoms with E-state index >= 15 is 0 Å². The van der Waals surface area contributed by atoms with E-state index in [-0.39, 0.29) is 20.1 Å². The SMILES string of the molecule is Cc1c[c-]c(-c2cc(C)c(C)cn2)cc1.Cc1ccc(-c2cnc(-c3[c-]ccc4c3oc3nc(CCc5ccccc5)ccc34)cc2C)c(C)c1.[Ir]. The Morgan fingerprint density at radius 2 is 1.35 bits per heavy atom. The van der Waals surface area contributed by atoms with Crippen LogP contribution in [-0.2, 0) is 32.9 Å². The van der Waals surface area contributed by atoms with Crippen molar-refractivity contribution in [2.75, 3.05) is 0 Å². The van der Waals surface area contributed by atoms with E-state index in [1.54, 1.807) is 0 Å². The van der Waals surface area contributed by atoms with Crippen LogP contribution < -0.4 is 0 Å². The minimum atomic E-state index is 0. The summed E-state index contributed by atoms with van der Waals surface area (Å²) in [5.74, 6) is 0. The van der Waals surface area contributed by atoms with E-state index < -0.39 is 0 Å². The smallest absolute Gasteiger partial charge is 0.216 e. The molecule has 0 bridgehead atoms. The van der Waals surface area contributed by atoms with Crippen LogP contribution in [0, 0.1) is 53.7 Å². The first-order valence-electron chi connectivity index (χ1n) is 17.5. The van der Waals surface area contributed by atoms with Gasteiger partial charge in [0.25, 0.3) is 0 Å². The zero-order chi connectivity index (χ0) is 35.5. The summed E-state index contributed by atoms with van der Waals surface area (Å²) in [6.07, 6.45) is 5.71. The van der Waals surface area contributed by atoms with Gasteiger partial charge in [-0.3, -0.25) is 0 Å². The molecule has 0 aliphatic rings. The second-order valence-corrected chi connectivity index (χ2v) is 13.5. The number of hydrogen-bond donors (Lipinski definition) is 0. The molecule has 5 heteroatoms. The van der Waals surface area contributed by atoms with Crippen molar-refractivity contribution in [1.82, 2.24) is 15.0 Å². The van der Waals surface area contributed by atoms with Gasteiger partial charge in [-0.2, -0.15) is 0 Å². The number of furan rings is 1. The maximum Gasteiger partial charge on any atom is 0.216 e. The molecule has 261 valence electrons. The molecule has 4 aromatic heterocycles. The zero-order valence-electron chi connectivity index (χ0n) is 30.5. The Balaban J connectivity index is 0.000000244.